The lowest BCUT2D eigenvalue weighted by molar-refractivity contribution is 0.669. The number of benzene rings is 5. The Morgan fingerprint density at radius 2 is 1.14 bits per heavy atom. The molecule has 204 valence electrons. The predicted octanol–water partition coefficient (Wildman–Crippen LogP) is 10.2. The Kier molecular flexibility index (Phi) is 6.23. The topological polar surface area (TPSA) is 51.8 Å². The number of furan rings is 1. The van der Waals surface area contributed by atoms with Gasteiger partial charge in [-0.05, 0) is 59.4 Å². The largest absolute Gasteiger partial charge is 0.456 e. The van der Waals surface area contributed by atoms with Crippen LogP contribution in [0.1, 0.15) is 18.4 Å². The van der Waals surface area contributed by atoms with Gasteiger partial charge in [0.2, 0.25) is 0 Å². The van der Waals surface area contributed by atoms with Crippen LogP contribution in [0.25, 0.3) is 72.8 Å². The molecule has 0 amide bonds. The minimum absolute atomic E-state index is 0.614. The normalized spacial score (nSPS) is 13.0. The quantitative estimate of drug-likeness (QED) is 0.213. The Balaban J connectivity index is 1.43. The van der Waals surface area contributed by atoms with Gasteiger partial charge in [-0.15, -0.1) is 0 Å². The summed E-state index contributed by atoms with van der Waals surface area (Å²) in [6.45, 7) is 0. The third kappa shape index (κ3) is 4.73. The summed E-state index contributed by atoms with van der Waals surface area (Å²) in [6.07, 6.45) is 8.66. The van der Waals surface area contributed by atoms with Gasteiger partial charge in [0.1, 0.15) is 11.2 Å². The molecule has 0 unspecified atom stereocenters. The predicted molar refractivity (Wildman–Crippen MR) is 175 cm³/mol. The Bertz CT molecular complexity index is 2100. The van der Waals surface area contributed by atoms with Crippen LogP contribution < -0.4 is 0 Å². The van der Waals surface area contributed by atoms with Crippen LogP contribution in [-0.4, -0.2) is 15.0 Å². The molecular weight excluding hydrogens is 526 g/mol. The molecule has 7 aromatic rings. The van der Waals surface area contributed by atoms with E-state index in [1.165, 1.54) is 11.1 Å². The van der Waals surface area contributed by atoms with Crippen molar-refractivity contribution in [2.75, 3.05) is 0 Å². The van der Waals surface area contributed by atoms with Gasteiger partial charge in [0, 0.05) is 27.5 Å². The molecule has 0 saturated carbocycles. The van der Waals surface area contributed by atoms with E-state index in [4.69, 9.17) is 19.4 Å². The highest BCUT2D eigenvalue weighted by molar-refractivity contribution is 6.13. The summed E-state index contributed by atoms with van der Waals surface area (Å²) in [5.41, 5.74) is 9.15. The van der Waals surface area contributed by atoms with Crippen molar-refractivity contribution in [1.82, 2.24) is 15.0 Å². The number of fused-ring (bicyclic) bond motifs is 3. The molecule has 0 saturated heterocycles. The molecule has 2 heterocycles. The Labute approximate surface area is 249 Å². The summed E-state index contributed by atoms with van der Waals surface area (Å²) >= 11 is 0. The molecule has 0 N–H and O–H groups in total. The molecule has 0 spiro atoms. The SMILES string of the molecule is C1=CCCC(c2ccc3oc4cc(-c5ccccc5)cc(-c5nc(-c6ccccc6)nc(-c6ccccc6)n5)c4c3c2)=C1. The second kappa shape index (κ2) is 10.7. The van der Waals surface area contributed by atoms with Crippen LogP contribution in [-0.2, 0) is 0 Å². The zero-order chi connectivity index (χ0) is 28.6. The van der Waals surface area contributed by atoms with Crippen LogP contribution >= 0.6 is 0 Å². The van der Waals surface area contributed by atoms with Crippen molar-refractivity contribution >= 4 is 27.5 Å². The zero-order valence-electron chi connectivity index (χ0n) is 23.4. The summed E-state index contributed by atoms with van der Waals surface area (Å²) in [4.78, 5) is 15.1. The van der Waals surface area contributed by atoms with E-state index in [1.54, 1.807) is 0 Å². The molecule has 1 aliphatic rings. The monoisotopic (exact) mass is 553 g/mol. The Morgan fingerprint density at radius 3 is 1.77 bits per heavy atom. The second-order valence-corrected chi connectivity index (χ2v) is 10.8. The molecule has 2 aromatic heterocycles. The lowest BCUT2D eigenvalue weighted by atomic mass is 9.94. The number of hydrogen-bond donors (Lipinski definition) is 0. The van der Waals surface area contributed by atoms with Gasteiger partial charge >= 0.3 is 0 Å². The highest BCUT2D eigenvalue weighted by Crippen LogP contribution is 2.41. The van der Waals surface area contributed by atoms with E-state index in [9.17, 15) is 0 Å². The molecule has 1 aliphatic carbocycles. The van der Waals surface area contributed by atoms with E-state index >= 15 is 0 Å². The average molecular weight is 554 g/mol. The Hall–Kier alpha value is -5.61. The maximum atomic E-state index is 6.54. The van der Waals surface area contributed by atoms with Gasteiger partial charge in [-0.25, -0.2) is 15.0 Å². The van der Waals surface area contributed by atoms with Crippen LogP contribution in [0.2, 0.25) is 0 Å². The zero-order valence-corrected chi connectivity index (χ0v) is 23.4. The van der Waals surface area contributed by atoms with E-state index in [1.807, 2.05) is 66.7 Å². The molecule has 4 heteroatoms. The van der Waals surface area contributed by atoms with E-state index in [-0.39, 0.29) is 0 Å². The van der Waals surface area contributed by atoms with Crippen molar-refractivity contribution in [3.8, 4) is 45.3 Å². The minimum Gasteiger partial charge on any atom is -0.456 e. The number of allylic oxidation sites excluding steroid dienone is 4. The van der Waals surface area contributed by atoms with Crippen molar-refractivity contribution in [2.24, 2.45) is 0 Å². The van der Waals surface area contributed by atoms with E-state index in [0.29, 0.717) is 17.5 Å². The van der Waals surface area contributed by atoms with Crippen molar-refractivity contribution < 1.29 is 4.42 Å². The molecule has 0 aliphatic heterocycles. The second-order valence-electron chi connectivity index (χ2n) is 10.8. The van der Waals surface area contributed by atoms with Crippen LogP contribution in [0.15, 0.2) is 144 Å². The lowest BCUT2D eigenvalue weighted by Gasteiger charge is -2.11. The lowest BCUT2D eigenvalue weighted by Crippen LogP contribution is -2.00. The first-order valence-corrected chi connectivity index (χ1v) is 14.6. The van der Waals surface area contributed by atoms with Crippen LogP contribution in [0, 0.1) is 0 Å². The maximum absolute atomic E-state index is 6.54. The summed E-state index contributed by atoms with van der Waals surface area (Å²) in [5.74, 6) is 1.88. The van der Waals surface area contributed by atoms with Gasteiger partial charge in [-0.2, -0.15) is 0 Å². The first-order chi connectivity index (χ1) is 21.3. The fourth-order valence-corrected chi connectivity index (χ4v) is 5.85. The maximum Gasteiger partial charge on any atom is 0.164 e. The van der Waals surface area contributed by atoms with Crippen LogP contribution in [0.5, 0.6) is 0 Å². The van der Waals surface area contributed by atoms with Crippen LogP contribution in [0.3, 0.4) is 0 Å². The van der Waals surface area contributed by atoms with E-state index < -0.39 is 0 Å². The fourth-order valence-electron chi connectivity index (χ4n) is 5.85. The molecule has 5 aromatic carbocycles. The molecule has 43 heavy (non-hydrogen) atoms. The smallest absolute Gasteiger partial charge is 0.164 e. The number of nitrogens with zero attached hydrogens (tertiary/aromatic N) is 3. The van der Waals surface area contributed by atoms with E-state index in [2.05, 4.69) is 72.8 Å². The molecular formula is C39H27N3O. The van der Waals surface area contributed by atoms with Gasteiger partial charge in [-0.3, -0.25) is 0 Å². The van der Waals surface area contributed by atoms with Crippen molar-refractivity contribution in [2.45, 2.75) is 12.8 Å². The molecule has 4 nitrogen and oxygen atoms in total. The van der Waals surface area contributed by atoms with Crippen molar-refractivity contribution in [3.05, 3.63) is 145 Å². The molecule has 8 rings (SSSR count). The number of aromatic nitrogens is 3. The number of rotatable bonds is 5. The van der Waals surface area contributed by atoms with E-state index in [0.717, 1.165) is 62.6 Å². The van der Waals surface area contributed by atoms with Gasteiger partial charge in [0.25, 0.3) is 0 Å². The Morgan fingerprint density at radius 1 is 0.512 bits per heavy atom. The summed E-state index contributed by atoms with van der Waals surface area (Å²) in [6, 6.07) is 41.4. The van der Waals surface area contributed by atoms with Gasteiger partial charge in [0.15, 0.2) is 17.5 Å². The van der Waals surface area contributed by atoms with Gasteiger partial charge in [0.05, 0.1) is 0 Å². The highest BCUT2D eigenvalue weighted by Gasteiger charge is 2.20. The first kappa shape index (κ1) is 25.1. The van der Waals surface area contributed by atoms with Gasteiger partial charge < -0.3 is 4.42 Å². The van der Waals surface area contributed by atoms with Gasteiger partial charge in [-0.1, -0.05) is 115 Å². The minimum atomic E-state index is 0.614. The summed E-state index contributed by atoms with van der Waals surface area (Å²) < 4.78 is 6.54. The standard InChI is InChI=1S/C39H27N3O/c1-5-13-26(14-6-1)30-21-22-34-32(23-30)36-33(24-31(25-35(36)43-34)27-15-7-2-8-16-27)39-41-37(28-17-9-3-10-18-28)40-38(42-39)29-19-11-4-12-20-29/h1-5,7-13,15-25H,6,14H2. The van der Waals surface area contributed by atoms with Crippen molar-refractivity contribution in [1.29, 1.82) is 0 Å². The summed E-state index contributed by atoms with van der Waals surface area (Å²) in [5, 5.41) is 2.06. The van der Waals surface area contributed by atoms with Crippen molar-refractivity contribution in [3.63, 3.8) is 0 Å². The molecule has 0 fully saturated rings. The average Bonchev–Trinajstić information content (AvgIpc) is 3.47. The molecule has 0 bridgehead atoms. The third-order valence-corrected chi connectivity index (χ3v) is 8.00. The first-order valence-electron chi connectivity index (χ1n) is 14.6. The third-order valence-electron chi connectivity index (χ3n) is 8.00. The highest BCUT2D eigenvalue weighted by atomic mass is 16.3. The number of hydrogen-bond acceptors (Lipinski definition) is 4. The molecule has 0 atom stereocenters. The molecule has 0 radical (unpaired) electrons. The van der Waals surface area contributed by atoms with Crippen LogP contribution in [0.4, 0.5) is 0 Å². The fraction of sp³-hybridized carbons (Fsp3) is 0.0513. The summed E-state index contributed by atoms with van der Waals surface area (Å²) in [7, 11) is 0.